The Morgan fingerprint density at radius 2 is 1.88 bits per heavy atom. The number of fused-ring (bicyclic) bond motifs is 4. The third-order valence-corrected chi connectivity index (χ3v) is 13.1. The van der Waals surface area contributed by atoms with Crippen molar-refractivity contribution in [1.29, 1.82) is 0 Å². The normalized spacial score (nSPS) is 26.3. The Labute approximate surface area is 333 Å². The van der Waals surface area contributed by atoms with Gasteiger partial charge in [-0.05, 0) is 148 Å². The number of nitrogens with one attached hydrogen (secondary N) is 1. The zero-order valence-electron chi connectivity index (χ0n) is 32.7. The number of alkyl halides is 3. The first kappa shape index (κ1) is 40.5. The number of halogens is 4. The minimum Gasteiger partial charge on any atom is -0.493 e. The van der Waals surface area contributed by atoms with Crippen molar-refractivity contribution in [3.63, 3.8) is 0 Å². The fourth-order valence-corrected chi connectivity index (χ4v) is 10.2. The van der Waals surface area contributed by atoms with Crippen LogP contribution >= 0.6 is 11.6 Å². The van der Waals surface area contributed by atoms with Gasteiger partial charge in [-0.25, -0.2) is 4.79 Å². The molecule has 8 nitrogen and oxygen atoms in total. The molecule has 7 rings (SSSR count). The van der Waals surface area contributed by atoms with Crippen molar-refractivity contribution < 1.29 is 37.3 Å². The summed E-state index contributed by atoms with van der Waals surface area (Å²) in [6.45, 7) is 6.80. The molecule has 4 aliphatic rings. The summed E-state index contributed by atoms with van der Waals surface area (Å²) in [5.74, 6) is 2.34. The summed E-state index contributed by atoms with van der Waals surface area (Å²) in [7, 11) is 1.84. The van der Waals surface area contributed by atoms with Crippen LogP contribution < -0.4 is 19.5 Å². The average Bonchev–Trinajstić information content (AvgIpc) is 3.27. The van der Waals surface area contributed by atoms with Gasteiger partial charge in [0.05, 0.1) is 19.8 Å². The molecule has 56 heavy (non-hydrogen) atoms. The van der Waals surface area contributed by atoms with Crippen molar-refractivity contribution in [2.24, 2.45) is 17.8 Å². The minimum absolute atomic E-state index is 0.00638. The first-order chi connectivity index (χ1) is 26.7. The van der Waals surface area contributed by atoms with Gasteiger partial charge in [-0.2, -0.15) is 13.2 Å². The number of aryl methyl sites for hydroxylation is 1. The quantitative estimate of drug-likeness (QED) is 0.177. The van der Waals surface area contributed by atoms with Crippen LogP contribution in [0.5, 0.6) is 17.2 Å². The molecule has 4 atom stereocenters. The Kier molecular flexibility index (Phi) is 12.0. The minimum atomic E-state index is -4.15. The number of hydrogen-bond acceptors (Lipinski definition) is 7. The number of ether oxygens (including phenoxy) is 3. The summed E-state index contributed by atoms with van der Waals surface area (Å²) < 4.78 is 57.5. The van der Waals surface area contributed by atoms with Crippen molar-refractivity contribution in [3.05, 3.63) is 76.1 Å². The number of rotatable bonds is 13. The van der Waals surface area contributed by atoms with Crippen LogP contribution in [-0.4, -0.2) is 72.6 Å². The molecule has 1 saturated carbocycles. The van der Waals surface area contributed by atoms with E-state index in [4.69, 9.17) is 25.8 Å². The number of carboxylic acid groups (broad SMARTS) is 1. The molecule has 2 heterocycles. The fraction of sp³-hybridized carbons (Fsp3) is 0.591. The molecule has 0 amide bonds. The van der Waals surface area contributed by atoms with Crippen LogP contribution in [0.3, 0.4) is 0 Å². The SMILES string of the molecule is C[C@@H](COc1ccnc2c1[C@H](C)CCC2)C[C@H]1Cc2cc3c(cc2C12CCC(Nc1cccc(Cl)c1)(C(=O)O)CC2)OCC(CN(C)CCCC(F)(F)F)CO3. The summed E-state index contributed by atoms with van der Waals surface area (Å²) >= 11 is 6.29. The topological polar surface area (TPSA) is 93.2 Å². The van der Waals surface area contributed by atoms with Gasteiger partial charge in [-0.3, -0.25) is 4.98 Å². The van der Waals surface area contributed by atoms with Gasteiger partial charge in [0.2, 0.25) is 0 Å². The van der Waals surface area contributed by atoms with Crippen LogP contribution in [0.15, 0.2) is 48.7 Å². The Morgan fingerprint density at radius 3 is 2.59 bits per heavy atom. The zero-order valence-corrected chi connectivity index (χ0v) is 33.5. The van der Waals surface area contributed by atoms with Gasteiger partial charge in [-0.15, -0.1) is 0 Å². The van der Waals surface area contributed by atoms with Crippen LogP contribution in [0.25, 0.3) is 0 Å². The Hall–Kier alpha value is -3.70. The maximum Gasteiger partial charge on any atom is 0.389 e. The molecule has 12 heteroatoms. The first-order valence-corrected chi connectivity index (χ1v) is 20.7. The first-order valence-electron chi connectivity index (χ1n) is 20.3. The molecule has 1 fully saturated rings. The van der Waals surface area contributed by atoms with Crippen LogP contribution in [0.1, 0.15) is 99.9 Å². The van der Waals surface area contributed by atoms with Crippen LogP contribution in [0.4, 0.5) is 18.9 Å². The number of nitrogens with zero attached hydrogens (tertiary/aromatic N) is 2. The number of hydrogen-bond donors (Lipinski definition) is 2. The number of anilines is 1. The van der Waals surface area contributed by atoms with E-state index >= 15 is 0 Å². The summed E-state index contributed by atoms with van der Waals surface area (Å²) in [5.41, 5.74) is 4.09. The standard InChI is InChI=1S/C44H55ClF3N3O5/c1-28(25-54-37-11-17-49-36-10-4-7-29(2)40(36)37)19-32-20-31-21-38-39(56-27-30(26-55-38)24-51(3)18-6-12-44(46,47)48)23-35(31)42(32)13-15-43(16-14-42,41(52)53)50-34-9-5-8-33(45)22-34/h5,8-9,11,17,21-23,28-30,32,50H,4,6-7,10,12-16,18-20,24-27H2,1-3H3,(H,52,53)/t28-,29-,30?,32+,42?,43?/m1/s1. The number of carbonyl (C=O) groups is 1. The van der Waals surface area contributed by atoms with Crippen molar-refractivity contribution in [2.75, 3.05) is 45.3 Å². The second-order valence-corrected chi connectivity index (χ2v) is 17.6. The summed E-state index contributed by atoms with van der Waals surface area (Å²) in [4.78, 5) is 19.6. The molecule has 3 aromatic rings. The van der Waals surface area contributed by atoms with Gasteiger partial charge >= 0.3 is 12.1 Å². The van der Waals surface area contributed by atoms with E-state index in [9.17, 15) is 23.1 Å². The molecule has 304 valence electrons. The van der Waals surface area contributed by atoms with E-state index in [-0.39, 0.29) is 29.6 Å². The van der Waals surface area contributed by atoms with Gasteiger partial charge in [0, 0.05) is 47.0 Å². The lowest BCUT2D eigenvalue weighted by Crippen LogP contribution is -2.53. The Morgan fingerprint density at radius 1 is 1.12 bits per heavy atom. The van der Waals surface area contributed by atoms with Gasteiger partial charge in [0.1, 0.15) is 11.3 Å². The highest BCUT2D eigenvalue weighted by Crippen LogP contribution is 2.58. The smallest absolute Gasteiger partial charge is 0.389 e. The zero-order chi connectivity index (χ0) is 39.7. The average molecular weight is 798 g/mol. The number of pyridine rings is 1. The van der Waals surface area contributed by atoms with Crippen molar-refractivity contribution in [2.45, 2.75) is 108 Å². The molecule has 0 saturated heterocycles. The second kappa shape index (κ2) is 16.6. The maximum absolute atomic E-state index is 13.1. The molecule has 1 spiro atoms. The van der Waals surface area contributed by atoms with E-state index in [0.29, 0.717) is 86.7 Å². The molecule has 1 aromatic heterocycles. The molecular weight excluding hydrogens is 743 g/mol. The van der Waals surface area contributed by atoms with Crippen molar-refractivity contribution in [3.8, 4) is 17.2 Å². The lowest BCUT2D eigenvalue weighted by atomic mass is 9.59. The largest absolute Gasteiger partial charge is 0.493 e. The molecule has 1 aliphatic heterocycles. The molecule has 0 radical (unpaired) electrons. The molecular formula is C44H55ClF3N3O5. The molecule has 1 unspecified atom stereocenters. The molecule has 0 bridgehead atoms. The number of benzene rings is 2. The lowest BCUT2D eigenvalue weighted by molar-refractivity contribution is -0.144. The highest BCUT2D eigenvalue weighted by Gasteiger charge is 2.54. The Bertz CT molecular complexity index is 1870. The summed E-state index contributed by atoms with van der Waals surface area (Å²) in [5, 5.41) is 14.6. The number of carboxylic acids is 1. The van der Waals surface area contributed by atoms with Gasteiger partial charge in [0.25, 0.3) is 0 Å². The lowest BCUT2D eigenvalue weighted by Gasteiger charge is -2.47. The van der Waals surface area contributed by atoms with Crippen molar-refractivity contribution in [1.82, 2.24) is 9.88 Å². The number of aliphatic carboxylic acids is 1. The highest BCUT2D eigenvalue weighted by atomic mass is 35.5. The van der Waals surface area contributed by atoms with E-state index < -0.39 is 24.1 Å². The number of aromatic nitrogens is 1. The summed E-state index contributed by atoms with van der Waals surface area (Å²) in [6, 6.07) is 13.5. The van der Waals surface area contributed by atoms with Gasteiger partial charge < -0.3 is 29.5 Å². The van der Waals surface area contributed by atoms with E-state index in [0.717, 1.165) is 43.5 Å². The van der Waals surface area contributed by atoms with E-state index in [2.05, 4.69) is 36.3 Å². The van der Waals surface area contributed by atoms with Crippen LogP contribution in [0.2, 0.25) is 5.02 Å². The predicted molar refractivity (Wildman–Crippen MR) is 211 cm³/mol. The van der Waals surface area contributed by atoms with Gasteiger partial charge in [-0.1, -0.05) is 31.5 Å². The molecule has 2 aromatic carbocycles. The fourth-order valence-electron chi connectivity index (χ4n) is 9.99. The molecule has 3 aliphatic carbocycles. The van der Waals surface area contributed by atoms with Gasteiger partial charge in [0.15, 0.2) is 11.5 Å². The monoisotopic (exact) mass is 797 g/mol. The third kappa shape index (κ3) is 8.89. The Balaban J connectivity index is 1.10. The van der Waals surface area contributed by atoms with E-state index in [1.54, 1.807) is 12.1 Å². The van der Waals surface area contributed by atoms with Crippen LogP contribution in [-0.2, 0) is 23.1 Å². The third-order valence-electron chi connectivity index (χ3n) is 12.9. The highest BCUT2D eigenvalue weighted by molar-refractivity contribution is 6.30. The molecule has 2 N–H and O–H groups in total. The maximum atomic E-state index is 13.1. The van der Waals surface area contributed by atoms with Crippen molar-refractivity contribution >= 4 is 23.3 Å². The predicted octanol–water partition coefficient (Wildman–Crippen LogP) is 9.86. The van der Waals surface area contributed by atoms with E-state index in [1.165, 1.54) is 16.7 Å². The van der Waals surface area contributed by atoms with Crippen LogP contribution in [0, 0.1) is 17.8 Å². The summed E-state index contributed by atoms with van der Waals surface area (Å²) in [6.07, 6.45) is 4.22. The van der Waals surface area contributed by atoms with E-state index in [1.807, 2.05) is 36.3 Å². The second-order valence-electron chi connectivity index (χ2n) is 17.1.